The van der Waals surface area contributed by atoms with Gasteiger partial charge in [0.05, 0.1) is 6.54 Å². The minimum absolute atomic E-state index is 0.626. The second kappa shape index (κ2) is 4.56. The number of aryl methyl sites for hydroxylation is 1. The Hall–Kier alpha value is -1.51. The van der Waals surface area contributed by atoms with Gasteiger partial charge in [0.25, 0.3) is 0 Å². The monoisotopic (exact) mass is 217 g/mol. The Balaban J connectivity index is 1.99. The maximum absolute atomic E-state index is 5.93. The van der Waals surface area contributed by atoms with Crippen LogP contribution in [0.3, 0.4) is 0 Å². The van der Waals surface area contributed by atoms with E-state index >= 15 is 0 Å². The molecule has 2 rings (SSSR count). The van der Waals surface area contributed by atoms with Gasteiger partial charge in [-0.1, -0.05) is 24.3 Å². The van der Waals surface area contributed by atoms with Crippen LogP contribution in [0.5, 0.6) is 0 Å². The summed E-state index contributed by atoms with van der Waals surface area (Å²) >= 11 is 0. The molecule has 1 saturated carbocycles. The maximum atomic E-state index is 5.93. The van der Waals surface area contributed by atoms with Crippen molar-refractivity contribution in [3.05, 3.63) is 35.4 Å². The molecule has 0 aromatic heterocycles. The first kappa shape index (κ1) is 11.0. The second-order valence-electron chi connectivity index (χ2n) is 4.44. The molecule has 0 aliphatic heterocycles. The molecule has 86 valence electrons. The van der Waals surface area contributed by atoms with Crippen molar-refractivity contribution in [2.45, 2.75) is 32.4 Å². The molecule has 0 unspecified atom stereocenters. The van der Waals surface area contributed by atoms with Gasteiger partial charge in [-0.05, 0) is 30.9 Å². The zero-order chi connectivity index (χ0) is 11.5. The topological polar surface area (TPSA) is 41.6 Å². The molecule has 1 aromatic carbocycles. The van der Waals surface area contributed by atoms with Gasteiger partial charge in [-0.25, -0.2) is 4.99 Å². The number of rotatable bonds is 3. The fourth-order valence-electron chi connectivity index (χ4n) is 1.71. The van der Waals surface area contributed by atoms with Gasteiger partial charge >= 0.3 is 0 Å². The highest BCUT2D eigenvalue weighted by Crippen LogP contribution is 2.24. The number of nitrogens with two attached hydrogens (primary N) is 1. The molecule has 0 amide bonds. The Labute approximate surface area is 97.0 Å². The highest BCUT2D eigenvalue weighted by atomic mass is 15.3. The lowest BCUT2D eigenvalue weighted by Gasteiger charge is -2.17. The van der Waals surface area contributed by atoms with Gasteiger partial charge in [-0.3, -0.25) is 0 Å². The Morgan fingerprint density at radius 3 is 2.75 bits per heavy atom. The fraction of sp³-hybridized carbons (Fsp3) is 0.462. The molecular weight excluding hydrogens is 198 g/mol. The van der Waals surface area contributed by atoms with Gasteiger partial charge in [0.15, 0.2) is 5.96 Å². The first-order chi connectivity index (χ1) is 7.68. The third-order valence-electron chi connectivity index (χ3n) is 3.13. The predicted octanol–water partition coefficient (Wildman–Crippen LogP) is 1.90. The fourth-order valence-corrected chi connectivity index (χ4v) is 1.71. The van der Waals surface area contributed by atoms with Gasteiger partial charge in [-0.2, -0.15) is 0 Å². The number of benzene rings is 1. The van der Waals surface area contributed by atoms with Crippen molar-refractivity contribution in [3.8, 4) is 0 Å². The van der Waals surface area contributed by atoms with E-state index in [-0.39, 0.29) is 0 Å². The lowest BCUT2D eigenvalue weighted by molar-refractivity contribution is 0.487. The Morgan fingerprint density at radius 1 is 1.44 bits per heavy atom. The van der Waals surface area contributed by atoms with Gasteiger partial charge in [0, 0.05) is 13.1 Å². The summed E-state index contributed by atoms with van der Waals surface area (Å²) in [5.41, 5.74) is 8.45. The zero-order valence-corrected chi connectivity index (χ0v) is 9.98. The molecule has 0 spiro atoms. The molecule has 1 fully saturated rings. The van der Waals surface area contributed by atoms with E-state index in [2.05, 4.69) is 28.9 Å². The Morgan fingerprint density at radius 2 is 2.12 bits per heavy atom. The second-order valence-corrected chi connectivity index (χ2v) is 4.44. The minimum atomic E-state index is 0.626. The number of hydrogen-bond donors (Lipinski definition) is 1. The van der Waals surface area contributed by atoms with Crippen molar-refractivity contribution in [1.82, 2.24) is 4.90 Å². The summed E-state index contributed by atoms with van der Waals surface area (Å²) in [4.78, 5) is 6.52. The first-order valence-corrected chi connectivity index (χ1v) is 5.75. The van der Waals surface area contributed by atoms with Crippen LogP contribution in [0.4, 0.5) is 0 Å². The van der Waals surface area contributed by atoms with Crippen molar-refractivity contribution in [1.29, 1.82) is 0 Å². The van der Waals surface area contributed by atoms with E-state index in [1.54, 1.807) is 0 Å². The SMILES string of the molecule is Cc1ccccc1CN=C(N)N(C)C1CC1. The first-order valence-electron chi connectivity index (χ1n) is 5.75. The molecule has 3 nitrogen and oxygen atoms in total. The molecule has 0 saturated heterocycles. The highest BCUT2D eigenvalue weighted by molar-refractivity contribution is 5.78. The van der Waals surface area contributed by atoms with Crippen molar-refractivity contribution in [3.63, 3.8) is 0 Å². The van der Waals surface area contributed by atoms with E-state index in [1.165, 1.54) is 24.0 Å². The molecule has 1 aliphatic rings. The average Bonchev–Trinajstić information content (AvgIpc) is 3.10. The van der Waals surface area contributed by atoms with E-state index < -0.39 is 0 Å². The van der Waals surface area contributed by atoms with Crippen molar-refractivity contribution in [2.75, 3.05) is 7.05 Å². The maximum Gasteiger partial charge on any atom is 0.191 e. The zero-order valence-electron chi connectivity index (χ0n) is 9.98. The summed E-state index contributed by atoms with van der Waals surface area (Å²) in [6.07, 6.45) is 2.49. The Kier molecular flexibility index (Phi) is 3.13. The lowest BCUT2D eigenvalue weighted by Crippen LogP contribution is -2.35. The molecule has 2 N–H and O–H groups in total. The number of nitrogens with zero attached hydrogens (tertiary/aromatic N) is 2. The molecule has 1 aliphatic carbocycles. The molecule has 3 heteroatoms. The summed E-state index contributed by atoms with van der Waals surface area (Å²) in [6.45, 7) is 2.78. The number of guanidine groups is 1. The van der Waals surface area contributed by atoms with E-state index in [0.717, 1.165) is 0 Å². The van der Waals surface area contributed by atoms with Crippen LogP contribution in [0.25, 0.3) is 0 Å². The predicted molar refractivity (Wildman–Crippen MR) is 67.3 cm³/mol. The molecule has 0 atom stereocenters. The quantitative estimate of drug-likeness (QED) is 0.620. The van der Waals surface area contributed by atoms with Crippen LogP contribution < -0.4 is 5.73 Å². The molecule has 16 heavy (non-hydrogen) atoms. The standard InChI is InChI=1S/C13H19N3/c1-10-5-3-4-6-11(10)9-15-13(14)16(2)12-7-8-12/h3-6,12H,7-9H2,1-2H3,(H2,14,15). The third kappa shape index (κ3) is 2.54. The van der Waals surface area contributed by atoms with Crippen LogP contribution >= 0.6 is 0 Å². The van der Waals surface area contributed by atoms with E-state index in [1.807, 2.05) is 19.2 Å². The van der Waals surface area contributed by atoms with Crippen molar-refractivity contribution < 1.29 is 0 Å². The molecule has 0 radical (unpaired) electrons. The molecule has 1 aromatic rings. The largest absolute Gasteiger partial charge is 0.370 e. The molecular formula is C13H19N3. The lowest BCUT2D eigenvalue weighted by atomic mass is 10.1. The summed E-state index contributed by atoms with van der Waals surface area (Å²) in [5, 5.41) is 0. The van der Waals surface area contributed by atoms with Crippen LogP contribution in [0.15, 0.2) is 29.3 Å². The summed E-state index contributed by atoms with van der Waals surface area (Å²) in [5.74, 6) is 0.658. The highest BCUT2D eigenvalue weighted by Gasteiger charge is 2.27. The van der Waals surface area contributed by atoms with Crippen molar-refractivity contribution in [2.24, 2.45) is 10.7 Å². The number of aliphatic imine (C=N–C) groups is 1. The van der Waals surface area contributed by atoms with Crippen LogP contribution in [-0.2, 0) is 6.54 Å². The summed E-state index contributed by atoms with van der Waals surface area (Å²) in [6, 6.07) is 8.91. The van der Waals surface area contributed by atoms with Gasteiger partial charge in [0.1, 0.15) is 0 Å². The summed E-state index contributed by atoms with van der Waals surface area (Å²) in [7, 11) is 2.02. The van der Waals surface area contributed by atoms with Crippen LogP contribution in [0, 0.1) is 6.92 Å². The van der Waals surface area contributed by atoms with Gasteiger partial charge in [-0.15, -0.1) is 0 Å². The van der Waals surface area contributed by atoms with E-state index in [4.69, 9.17) is 5.73 Å². The number of hydrogen-bond acceptors (Lipinski definition) is 1. The van der Waals surface area contributed by atoms with E-state index in [9.17, 15) is 0 Å². The normalized spacial score (nSPS) is 16.2. The van der Waals surface area contributed by atoms with Gasteiger partial charge in [0.2, 0.25) is 0 Å². The van der Waals surface area contributed by atoms with Crippen LogP contribution in [-0.4, -0.2) is 23.9 Å². The molecule has 0 bridgehead atoms. The molecule has 0 heterocycles. The smallest absolute Gasteiger partial charge is 0.191 e. The average molecular weight is 217 g/mol. The van der Waals surface area contributed by atoms with E-state index in [0.29, 0.717) is 18.5 Å². The van der Waals surface area contributed by atoms with Crippen LogP contribution in [0.1, 0.15) is 24.0 Å². The summed E-state index contributed by atoms with van der Waals surface area (Å²) < 4.78 is 0. The third-order valence-corrected chi connectivity index (χ3v) is 3.13. The Bertz CT molecular complexity index is 394. The van der Waals surface area contributed by atoms with Crippen molar-refractivity contribution >= 4 is 5.96 Å². The van der Waals surface area contributed by atoms with Crippen LogP contribution in [0.2, 0.25) is 0 Å². The minimum Gasteiger partial charge on any atom is -0.370 e. The van der Waals surface area contributed by atoms with Gasteiger partial charge < -0.3 is 10.6 Å².